The van der Waals surface area contributed by atoms with Gasteiger partial charge in [0.15, 0.2) is 0 Å². The summed E-state index contributed by atoms with van der Waals surface area (Å²) in [5.74, 6) is -0.0385. The van der Waals surface area contributed by atoms with Gasteiger partial charge in [-0.2, -0.15) is 0 Å². The van der Waals surface area contributed by atoms with E-state index in [1.807, 2.05) is 0 Å². The monoisotopic (exact) mass is 862 g/mol. The van der Waals surface area contributed by atoms with Crippen LogP contribution in [0.4, 0.5) is 0 Å². The molecule has 0 rings (SSSR count). The minimum absolute atomic E-state index is 0.00635. The summed E-state index contributed by atoms with van der Waals surface area (Å²) in [6.45, 7) is 4.94. The molecule has 6 nitrogen and oxygen atoms in total. The summed E-state index contributed by atoms with van der Waals surface area (Å²) in [6, 6.07) is -0.546. The lowest BCUT2D eigenvalue weighted by molar-refractivity contribution is -0.143. The number of carbonyl (C=O) groups is 2. The Balaban J connectivity index is 3.41. The molecule has 0 bridgehead atoms. The Morgan fingerprint density at radius 2 is 0.770 bits per heavy atom. The van der Waals surface area contributed by atoms with Crippen LogP contribution in [-0.4, -0.2) is 47.4 Å². The fraction of sp³-hybridized carbons (Fsp3) is 0.927. The van der Waals surface area contributed by atoms with Crippen LogP contribution in [0.2, 0.25) is 0 Å². The second-order valence-electron chi connectivity index (χ2n) is 18.9. The van der Waals surface area contributed by atoms with Gasteiger partial charge in [0, 0.05) is 12.8 Å². The summed E-state index contributed by atoms with van der Waals surface area (Å²) < 4.78 is 5.47. The maximum absolute atomic E-state index is 12.4. The highest BCUT2D eigenvalue weighted by molar-refractivity contribution is 5.76. The third-order valence-corrected chi connectivity index (χ3v) is 12.8. The minimum Gasteiger partial charge on any atom is -0.466 e. The van der Waals surface area contributed by atoms with E-state index < -0.39 is 12.1 Å². The molecule has 1 amide bonds. The standard InChI is InChI=1S/C55H107NO5/c1-3-5-7-9-11-13-15-16-25-29-33-37-41-45-49-55(60)61-50-46-42-38-34-30-26-23-21-19-17-18-20-22-24-28-32-36-40-44-48-54(59)56-52(51-57)53(58)47-43-39-35-31-27-14-12-10-8-6-4-2/h17-18,52-53,57-58H,3-16,19-51H2,1-2H3,(H,56,59)/b18-17-. The molecule has 0 aromatic rings. The lowest BCUT2D eigenvalue weighted by Gasteiger charge is -2.22. The van der Waals surface area contributed by atoms with E-state index in [-0.39, 0.29) is 18.5 Å². The van der Waals surface area contributed by atoms with Gasteiger partial charge in [0.1, 0.15) is 0 Å². The number of ether oxygens (including phenoxy) is 1. The zero-order chi connectivity index (χ0) is 44.4. The molecule has 362 valence electrons. The normalized spacial score (nSPS) is 12.7. The van der Waals surface area contributed by atoms with E-state index in [4.69, 9.17) is 4.74 Å². The Kier molecular flexibility index (Phi) is 50.1. The molecule has 0 aliphatic carbocycles. The molecule has 3 N–H and O–H groups in total. The van der Waals surface area contributed by atoms with Crippen LogP contribution in [0, 0.1) is 0 Å². The van der Waals surface area contributed by atoms with Crippen molar-refractivity contribution in [2.24, 2.45) is 0 Å². The van der Waals surface area contributed by atoms with E-state index in [2.05, 4.69) is 31.3 Å². The Morgan fingerprint density at radius 1 is 0.443 bits per heavy atom. The van der Waals surface area contributed by atoms with Gasteiger partial charge in [-0.25, -0.2) is 0 Å². The minimum atomic E-state index is -0.668. The van der Waals surface area contributed by atoms with Crippen LogP contribution >= 0.6 is 0 Å². The van der Waals surface area contributed by atoms with Gasteiger partial charge in [-0.15, -0.1) is 0 Å². The molecule has 0 spiro atoms. The number of nitrogens with one attached hydrogen (secondary N) is 1. The van der Waals surface area contributed by atoms with Crippen LogP contribution in [0.1, 0.15) is 303 Å². The van der Waals surface area contributed by atoms with Crippen LogP contribution in [0.25, 0.3) is 0 Å². The molecular weight excluding hydrogens is 755 g/mol. The van der Waals surface area contributed by atoms with Gasteiger partial charge >= 0.3 is 5.97 Å². The van der Waals surface area contributed by atoms with Crippen LogP contribution in [0.3, 0.4) is 0 Å². The number of carbonyl (C=O) groups excluding carboxylic acids is 2. The fourth-order valence-corrected chi connectivity index (χ4v) is 8.58. The summed E-state index contributed by atoms with van der Waals surface area (Å²) in [5, 5.41) is 23.1. The zero-order valence-electron chi connectivity index (χ0n) is 41.2. The SMILES string of the molecule is CCCCCCCCCCCCCCCCC(=O)OCCCCCCCCCC/C=C\CCCCCCCCCC(=O)NC(CO)C(O)CCCCCCCCCCCCC. The molecule has 2 unspecified atom stereocenters. The van der Waals surface area contributed by atoms with Crippen molar-refractivity contribution in [3.05, 3.63) is 12.2 Å². The van der Waals surface area contributed by atoms with Crippen molar-refractivity contribution in [3.63, 3.8) is 0 Å². The van der Waals surface area contributed by atoms with Gasteiger partial charge in [0.05, 0.1) is 25.4 Å². The number of rotatable bonds is 51. The van der Waals surface area contributed by atoms with Gasteiger partial charge in [0.25, 0.3) is 0 Å². The average Bonchev–Trinajstić information content (AvgIpc) is 3.26. The fourth-order valence-electron chi connectivity index (χ4n) is 8.58. The number of aliphatic hydroxyl groups excluding tert-OH is 2. The first kappa shape index (κ1) is 59.6. The maximum atomic E-state index is 12.4. The lowest BCUT2D eigenvalue weighted by atomic mass is 10.0. The summed E-state index contributed by atoms with van der Waals surface area (Å²) in [5.41, 5.74) is 0. The molecule has 0 aromatic carbocycles. The van der Waals surface area contributed by atoms with Gasteiger partial charge in [-0.1, -0.05) is 251 Å². The van der Waals surface area contributed by atoms with Crippen LogP contribution in [0.15, 0.2) is 12.2 Å². The molecule has 0 aliphatic heterocycles. The van der Waals surface area contributed by atoms with Crippen molar-refractivity contribution in [2.45, 2.75) is 315 Å². The van der Waals surface area contributed by atoms with Gasteiger partial charge in [0.2, 0.25) is 5.91 Å². The second kappa shape index (κ2) is 51.2. The number of hydrogen-bond acceptors (Lipinski definition) is 5. The molecule has 0 aliphatic rings. The third kappa shape index (κ3) is 47.9. The van der Waals surface area contributed by atoms with Gasteiger partial charge in [-0.3, -0.25) is 9.59 Å². The van der Waals surface area contributed by atoms with E-state index in [0.717, 1.165) is 38.5 Å². The number of hydrogen-bond donors (Lipinski definition) is 3. The molecule has 6 heteroatoms. The smallest absolute Gasteiger partial charge is 0.305 e. The van der Waals surface area contributed by atoms with Crippen molar-refractivity contribution in [2.75, 3.05) is 13.2 Å². The Morgan fingerprint density at radius 3 is 1.16 bits per heavy atom. The van der Waals surface area contributed by atoms with Crippen molar-refractivity contribution in [1.82, 2.24) is 5.32 Å². The largest absolute Gasteiger partial charge is 0.466 e. The van der Waals surface area contributed by atoms with E-state index in [0.29, 0.717) is 25.9 Å². The molecule has 0 heterocycles. The number of allylic oxidation sites excluding steroid dienone is 2. The Bertz CT molecular complexity index is 909. The van der Waals surface area contributed by atoms with E-state index in [1.54, 1.807) is 0 Å². The van der Waals surface area contributed by atoms with Crippen molar-refractivity contribution in [1.29, 1.82) is 0 Å². The molecule has 2 atom stereocenters. The first-order valence-electron chi connectivity index (χ1n) is 27.4. The van der Waals surface area contributed by atoms with Crippen LogP contribution in [-0.2, 0) is 14.3 Å². The highest BCUT2D eigenvalue weighted by atomic mass is 16.5. The Hall–Kier alpha value is -1.40. The van der Waals surface area contributed by atoms with E-state index >= 15 is 0 Å². The second-order valence-corrected chi connectivity index (χ2v) is 18.9. The average molecular weight is 862 g/mol. The number of aliphatic hydroxyl groups is 2. The first-order valence-corrected chi connectivity index (χ1v) is 27.4. The molecule has 0 radical (unpaired) electrons. The zero-order valence-corrected chi connectivity index (χ0v) is 41.2. The van der Waals surface area contributed by atoms with E-state index in [9.17, 15) is 19.8 Å². The topological polar surface area (TPSA) is 95.9 Å². The number of amides is 1. The van der Waals surface area contributed by atoms with Gasteiger partial charge < -0.3 is 20.3 Å². The molecule has 0 fully saturated rings. The highest BCUT2D eigenvalue weighted by Crippen LogP contribution is 2.17. The summed E-state index contributed by atoms with van der Waals surface area (Å²) in [4.78, 5) is 24.4. The molecular formula is C55H107NO5. The highest BCUT2D eigenvalue weighted by Gasteiger charge is 2.20. The van der Waals surface area contributed by atoms with E-state index in [1.165, 1.54) is 231 Å². The Labute approximate surface area is 380 Å². The summed E-state index contributed by atoms with van der Waals surface area (Å²) in [6.07, 6.45) is 59.1. The predicted octanol–water partition coefficient (Wildman–Crippen LogP) is 16.5. The molecule has 0 saturated carbocycles. The van der Waals surface area contributed by atoms with Crippen molar-refractivity contribution >= 4 is 11.9 Å². The van der Waals surface area contributed by atoms with Gasteiger partial charge in [-0.05, 0) is 51.4 Å². The summed E-state index contributed by atoms with van der Waals surface area (Å²) >= 11 is 0. The van der Waals surface area contributed by atoms with Crippen LogP contribution in [0.5, 0.6) is 0 Å². The molecule has 61 heavy (non-hydrogen) atoms. The first-order chi connectivity index (χ1) is 30.0. The van der Waals surface area contributed by atoms with Crippen molar-refractivity contribution in [3.8, 4) is 0 Å². The molecule has 0 aromatic heterocycles. The number of esters is 1. The number of unbranched alkanes of at least 4 members (excludes halogenated alkanes) is 38. The maximum Gasteiger partial charge on any atom is 0.305 e. The van der Waals surface area contributed by atoms with Crippen molar-refractivity contribution < 1.29 is 24.5 Å². The third-order valence-electron chi connectivity index (χ3n) is 12.8. The molecule has 0 saturated heterocycles. The van der Waals surface area contributed by atoms with Crippen LogP contribution < -0.4 is 5.32 Å². The lowest BCUT2D eigenvalue weighted by Crippen LogP contribution is -2.45. The summed E-state index contributed by atoms with van der Waals surface area (Å²) in [7, 11) is 0. The predicted molar refractivity (Wildman–Crippen MR) is 264 cm³/mol. The quantitative estimate of drug-likeness (QED) is 0.0322.